The van der Waals surface area contributed by atoms with E-state index in [1.807, 2.05) is 6.92 Å². The summed E-state index contributed by atoms with van der Waals surface area (Å²) in [5, 5.41) is 3.70. The lowest BCUT2D eigenvalue weighted by atomic mass is 10.1. The maximum absolute atomic E-state index is 6.97. The molecule has 0 bridgehead atoms. The Morgan fingerprint density at radius 2 is 2.05 bits per heavy atom. The third-order valence-corrected chi connectivity index (χ3v) is 3.32. The number of rotatable bonds is 3. The molecule has 20 heavy (non-hydrogen) atoms. The minimum absolute atomic E-state index is 0.332. The zero-order valence-electron chi connectivity index (χ0n) is 11.6. The second kappa shape index (κ2) is 5.89. The summed E-state index contributed by atoms with van der Waals surface area (Å²) in [5.41, 5.74) is 3.27. The van der Waals surface area contributed by atoms with Crippen molar-refractivity contribution in [1.82, 2.24) is 9.97 Å². The molecule has 2 rings (SSSR count). The Balaban J connectivity index is 2.36. The van der Waals surface area contributed by atoms with Gasteiger partial charge in [0.05, 0.1) is 23.0 Å². The van der Waals surface area contributed by atoms with Gasteiger partial charge >= 0.3 is 0 Å². The van der Waals surface area contributed by atoms with E-state index < -0.39 is 0 Å². The largest absolute Gasteiger partial charge is 0.339 e. The van der Waals surface area contributed by atoms with Crippen LogP contribution >= 0.6 is 11.6 Å². The SMILES string of the molecule is [C-]#[N+]c1ccc(Nc2ncnc(C(C)C)c2C)c(Cl)c1. The van der Waals surface area contributed by atoms with Crippen molar-refractivity contribution in [2.75, 3.05) is 5.32 Å². The zero-order valence-corrected chi connectivity index (χ0v) is 12.4. The molecule has 0 aliphatic rings. The van der Waals surface area contributed by atoms with Crippen LogP contribution in [0.1, 0.15) is 31.0 Å². The average Bonchev–Trinajstić information content (AvgIpc) is 2.42. The van der Waals surface area contributed by atoms with Crippen molar-refractivity contribution in [3.05, 3.63) is 52.2 Å². The van der Waals surface area contributed by atoms with Crippen molar-refractivity contribution in [1.29, 1.82) is 0 Å². The first-order valence-corrected chi connectivity index (χ1v) is 6.66. The van der Waals surface area contributed by atoms with Crippen molar-refractivity contribution in [2.24, 2.45) is 0 Å². The van der Waals surface area contributed by atoms with Crippen LogP contribution in [0.15, 0.2) is 24.5 Å². The molecule has 1 aromatic heterocycles. The molecule has 0 radical (unpaired) electrons. The van der Waals surface area contributed by atoms with E-state index in [-0.39, 0.29) is 0 Å². The molecule has 2 aromatic rings. The molecule has 0 saturated heterocycles. The van der Waals surface area contributed by atoms with Gasteiger partial charge in [-0.3, -0.25) is 0 Å². The minimum atomic E-state index is 0.332. The van der Waals surface area contributed by atoms with Gasteiger partial charge in [0.1, 0.15) is 12.1 Å². The van der Waals surface area contributed by atoms with Gasteiger partial charge in [0, 0.05) is 5.56 Å². The summed E-state index contributed by atoms with van der Waals surface area (Å²) >= 11 is 6.16. The van der Waals surface area contributed by atoms with Gasteiger partial charge in [0.25, 0.3) is 0 Å². The Morgan fingerprint density at radius 1 is 1.30 bits per heavy atom. The maximum Gasteiger partial charge on any atom is 0.188 e. The average molecular weight is 287 g/mol. The highest BCUT2D eigenvalue weighted by Crippen LogP contribution is 2.30. The number of nitrogens with zero attached hydrogens (tertiary/aromatic N) is 3. The highest BCUT2D eigenvalue weighted by atomic mass is 35.5. The van der Waals surface area contributed by atoms with E-state index in [9.17, 15) is 0 Å². The highest BCUT2D eigenvalue weighted by molar-refractivity contribution is 6.33. The molecular formula is C15H15ClN4. The van der Waals surface area contributed by atoms with E-state index in [4.69, 9.17) is 18.2 Å². The Bertz CT molecular complexity index is 674. The van der Waals surface area contributed by atoms with Crippen LogP contribution in [0.2, 0.25) is 5.02 Å². The summed E-state index contributed by atoms with van der Waals surface area (Å²) < 4.78 is 0. The van der Waals surface area contributed by atoms with Crippen molar-refractivity contribution >= 4 is 28.8 Å². The molecule has 1 aromatic carbocycles. The summed E-state index contributed by atoms with van der Waals surface area (Å²) in [4.78, 5) is 11.9. The molecule has 0 aliphatic carbocycles. The quantitative estimate of drug-likeness (QED) is 0.820. The van der Waals surface area contributed by atoms with Crippen molar-refractivity contribution < 1.29 is 0 Å². The van der Waals surface area contributed by atoms with Crippen LogP contribution in [0.25, 0.3) is 4.85 Å². The van der Waals surface area contributed by atoms with E-state index in [1.165, 1.54) is 0 Å². The fourth-order valence-electron chi connectivity index (χ4n) is 1.97. The van der Waals surface area contributed by atoms with Crippen molar-refractivity contribution in [2.45, 2.75) is 26.7 Å². The summed E-state index contributed by atoms with van der Waals surface area (Å²) in [6.07, 6.45) is 1.55. The van der Waals surface area contributed by atoms with E-state index in [0.29, 0.717) is 16.6 Å². The Hall–Kier alpha value is -2.12. The minimum Gasteiger partial charge on any atom is -0.339 e. The van der Waals surface area contributed by atoms with Crippen LogP contribution < -0.4 is 5.32 Å². The van der Waals surface area contributed by atoms with Gasteiger partial charge in [-0.25, -0.2) is 14.8 Å². The van der Waals surface area contributed by atoms with E-state index in [0.717, 1.165) is 22.8 Å². The van der Waals surface area contributed by atoms with Gasteiger partial charge in [-0.05, 0) is 25.0 Å². The second-order valence-electron chi connectivity index (χ2n) is 4.79. The van der Waals surface area contributed by atoms with Gasteiger partial charge in [-0.2, -0.15) is 0 Å². The normalized spacial score (nSPS) is 10.4. The maximum atomic E-state index is 6.97. The van der Waals surface area contributed by atoms with Gasteiger partial charge < -0.3 is 5.32 Å². The predicted molar refractivity (Wildman–Crippen MR) is 81.9 cm³/mol. The van der Waals surface area contributed by atoms with Crippen LogP contribution in [0, 0.1) is 13.5 Å². The second-order valence-corrected chi connectivity index (χ2v) is 5.20. The zero-order chi connectivity index (χ0) is 14.7. The van der Waals surface area contributed by atoms with E-state index >= 15 is 0 Å². The van der Waals surface area contributed by atoms with Crippen LogP contribution in [0.5, 0.6) is 0 Å². The number of anilines is 2. The summed E-state index contributed by atoms with van der Waals surface area (Å²) in [7, 11) is 0. The molecule has 0 spiro atoms. The molecular weight excluding hydrogens is 272 g/mol. The predicted octanol–water partition coefficient (Wildman–Crippen LogP) is 4.86. The molecule has 1 heterocycles. The molecule has 0 unspecified atom stereocenters. The molecule has 0 aliphatic heterocycles. The molecule has 4 nitrogen and oxygen atoms in total. The number of benzene rings is 1. The number of hydrogen-bond donors (Lipinski definition) is 1. The highest BCUT2D eigenvalue weighted by Gasteiger charge is 2.11. The van der Waals surface area contributed by atoms with E-state index in [2.05, 4.69) is 34.0 Å². The molecule has 0 amide bonds. The van der Waals surface area contributed by atoms with Gasteiger partial charge in [-0.1, -0.05) is 31.5 Å². The molecule has 0 fully saturated rings. The number of aromatic nitrogens is 2. The summed E-state index contributed by atoms with van der Waals surface area (Å²) in [6, 6.07) is 5.14. The third-order valence-electron chi connectivity index (χ3n) is 3.00. The van der Waals surface area contributed by atoms with Crippen LogP contribution in [0.3, 0.4) is 0 Å². The standard InChI is InChI=1S/C15H15ClN4/c1-9(2)14-10(3)15(19-8-18-14)20-13-6-5-11(17-4)7-12(13)16/h5-9H,1-3H3,(H,18,19,20). The topological polar surface area (TPSA) is 42.2 Å². The fourth-order valence-corrected chi connectivity index (χ4v) is 2.20. The first-order valence-electron chi connectivity index (χ1n) is 6.28. The van der Waals surface area contributed by atoms with Gasteiger partial charge in [-0.15, -0.1) is 0 Å². The van der Waals surface area contributed by atoms with Crippen LogP contribution in [0.4, 0.5) is 17.2 Å². The number of hydrogen-bond acceptors (Lipinski definition) is 3. The fraction of sp³-hybridized carbons (Fsp3) is 0.267. The Labute approximate surface area is 123 Å². The smallest absolute Gasteiger partial charge is 0.188 e. The van der Waals surface area contributed by atoms with Crippen molar-refractivity contribution in [3.8, 4) is 0 Å². The lowest BCUT2D eigenvalue weighted by Crippen LogP contribution is -2.04. The van der Waals surface area contributed by atoms with Gasteiger partial charge in [0.15, 0.2) is 5.69 Å². The number of nitrogens with one attached hydrogen (secondary N) is 1. The lowest BCUT2D eigenvalue weighted by Gasteiger charge is -2.14. The Kier molecular flexibility index (Phi) is 4.21. The van der Waals surface area contributed by atoms with Gasteiger partial charge in [0.2, 0.25) is 0 Å². The molecule has 5 heteroatoms. The Morgan fingerprint density at radius 3 is 2.65 bits per heavy atom. The molecule has 0 saturated carbocycles. The first-order chi connectivity index (χ1) is 9.52. The van der Waals surface area contributed by atoms with Crippen LogP contribution in [-0.2, 0) is 0 Å². The first kappa shape index (κ1) is 14.3. The summed E-state index contributed by atoms with van der Waals surface area (Å²) in [6.45, 7) is 13.1. The molecule has 102 valence electrons. The monoisotopic (exact) mass is 286 g/mol. The molecule has 0 atom stereocenters. The number of halogens is 1. The third kappa shape index (κ3) is 2.89. The summed E-state index contributed by atoms with van der Waals surface area (Å²) in [5.74, 6) is 1.07. The van der Waals surface area contributed by atoms with E-state index in [1.54, 1.807) is 24.5 Å². The van der Waals surface area contributed by atoms with Crippen LogP contribution in [-0.4, -0.2) is 9.97 Å². The molecule has 1 N–H and O–H groups in total. The van der Waals surface area contributed by atoms with Crippen molar-refractivity contribution in [3.63, 3.8) is 0 Å². The lowest BCUT2D eigenvalue weighted by molar-refractivity contribution is 0.803.